The molecule has 0 bridgehead atoms. The summed E-state index contributed by atoms with van der Waals surface area (Å²) in [5, 5.41) is 4.97. The Hall–Kier alpha value is -3.28. The summed E-state index contributed by atoms with van der Waals surface area (Å²) in [7, 11) is 0. The number of carbonyl (C=O) groups is 2. The first-order valence-corrected chi connectivity index (χ1v) is 9.30. The minimum absolute atomic E-state index is 0.216. The van der Waals surface area contributed by atoms with Crippen LogP contribution >= 0.6 is 0 Å². The molecule has 3 aromatic rings. The van der Waals surface area contributed by atoms with Gasteiger partial charge in [-0.2, -0.15) is 0 Å². The molecule has 1 N–H and O–H groups in total. The van der Waals surface area contributed by atoms with Crippen molar-refractivity contribution in [1.29, 1.82) is 0 Å². The van der Waals surface area contributed by atoms with Gasteiger partial charge in [-0.3, -0.25) is 9.59 Å². The molecule has 6 nitrogen and oxygen atoms in total. The molecular weight excluding hydrogens is 358 g/mol. The van der Waals surface area contributed by atoms with E-state index in [1.165, 1.54) is 0 Å². The van der Waals surface area contributed by atoms with Crippen LogP contribution in [0.3, 0.4) is 0 Å². The van der Waals surface area contributed by atoms with E-state index in [9.17, 15) is 9.59 Å². The zero-order valence-corrected chi connectivity index (χ0v) is 15.8. The van der Waals surface area contributed by atoms with Gasteiger partial charge in [-0.1, -0.05) is 30.3 Å². The Labute approximate surface area is 163 Å². The second-order valence-corrected chi connectivity index (χ2v) is 6.23. The molecule has 0 aliphatic rings. The highest BCUT2D eigenvalue weighted by atomic mass is 16.5. The van der Waals surface area contributed by atoms with Gasteiger partial charge >= 0.3 is 5.97 Å². The number of rotatable bonds is 9. The summed E-state index contributed by atoms with van der Waals surface area (Å²) in [6, 6.07) is 17.3. The number of hydrogen-bond donors (Lipinski definition) is 1. The average Bonchev–Trinajstić information content (AvgIpc) is 3.19. The topological polar surface area (TPSA) is 77.8 Å². The highest BCUT2D eigenvalue weighted by molar-refractivity contribution is 5.91. The third-order valence-electron chi connectivity index (χ3n) is 4.14. The quantitative estimate of drug-likeness (QED) is 0.446. The van der Waals surface area contributed by atoms with Gasteiger partial charge < -0.3 is 19.2 Å². The first kappa shape index (κ1) is 19.5. The van der Waals surface area contributed by atoms with Crippen LogP contribution < -0.4 is 10.1 Å². The van der Waals surface area contributed by atoms with Crippen molar-refractivity contribution in [2.24, 2.45) is 0 Å². The zero-order chi connectivity index (χ0) is 19.8. The Morgan fingerprint density at radius 1 is 1.04 bits per heavy atom. The van der Waals surface area contributed by atoms with E-state index in [1.807, 2.05) is 42.5 Å². The van der Waals surface area contributed by atoms with Crippen LogP contribution in [0.15, 0.2) is 59.0 Å². The summed E-state index contributed by atoms with van der Waals surface area (Å²) in [5.41, 5.74) is 0. The van der Waals surface area contributed by atoms with E-state index in [2.05, 4.69) is 5.32 Å². The molecule has 1 amide bonds. The molecule has 2 aromatic carbocycles. The van der Waals surface area contributed by atoms with Gasteiger partial charge in [-0.05, 0) is 48.4 Å². The third kappa shape index (κ3) is 5.36. The summed E-state index contributed by atoms with van der Waals surface area (Å²) in [5.74, 6) is 0.932. The predicted molar refractivity (Wildman–Crippen MR) is 105 cm³/mol. The van der Waals surface area contributed by atoms with Crippen LogP contribution in [-0.2, 0) is 16.1 Å². The molecule has 0 fully saturated rings. The van der Waals surface area contributed by atoms with Crippen LogP contribution in [0.2, 0.25) is 0 Å². The summed E-state index contributed by atoms with van der Waals surface area (Å²) >= 11 is 0. The Morgan fingerprint density at radius 3 is 2.68 bits per heavy atom. The van der Waals surface area contributed by atoms with Gasteiger partial charge in [0.25, 0.3) is 5.91 Å². The van der Waals surface area contributed by atoms with Crippen LogP contribution in [0.4, 0.5) is 0 Å². The maximum Gasteiger partial charge on any atom is 0.305 e. The van der Waals surface area contributed by atoms with E-state index in [0.717, 1.165) is 16.5 Å². The molecule has 3 rings (SSSR count). The normalized spacial score (nSPS) is 10.6. The van der Waals surface area contributed by atoms with Crippen LogP contribution in [0.5, 0.6) is 5.75 Å². The average molecular weight is 381 g/mol. The highest BCUT2D eigenvalue weighted by Crippen LogP contribution is 2.21. The smallest absolute Gasteiger partial charge is 0.305 e. The van der Waals surface area contributed by atoms with Gasteiger partial charge in [-0.15, -0.1) is 0 Å². The van der Waals surface area contributed by atoms with Gasteiger partial charge in [0, 0.05) is 13.0 Å². The lowest BCUT2D eigenvalue weighted by molar-refractivity contribution is -0.143. The van der Waals surface area contributed by atoms with Gasteiger partial charge in [0.1, 0.15) is 18.1 Å². The molecule has 0 saturated carbocycles. The standard InChI is InChI=1S/C22H23NO5/c1-2-26-21(24)8-5-13-23-22(25)20-12-11-19(28-20)15-27-18-10-9-16-6-3-4-7-17(16)14-18/h3-4,6-7,9-12,14H,2,5,8,13,15H2,1H3,(H,23,25). The lowest BCUT2D eigenvalue weighted by Gasteiger charge is -2.06. The van der Waals surface area contributed by atoms with Gasteiger partial charge in [0.2, 0.25) is 0 Å². The molecule has 6 heteroatoms. The molecule has 0 atom stereocenters. The van der Waals surface area contributed by atoms with Gasteiger partial charge in [-0.25, -0.2) is 0 Å². The van der Waals surface area contributed by atoms with Crippen LogP contribution in [0, 0.1) is 0 Å². The number of amides is 1. The summed E-state index contributed by atoms with van der Waals surface area (Å²) in [6.45, 7) is 2.73. The molecule has 1 heterocycles. The third-order valence-corrected chi connectivity index (χ3v) is 4.14. The highest BCUT2D eigenvalue weighted by Gasteiger charge is 2.11. The van der Waals surface area contributed by atoms with Crippen molar-refractivity contribution in [2.75, 3.05) is 13.2 Å². The maximum absolute atomic E-state index is 12.1. The van der Waals surface area contributed by atoms with E-state index < -0.39 is 0 Å². The fraction of sp³-hybridized carbons (Fsp3) is 0.273. The Kier molecular flexibility index (Phi) is 6.68. The van der Waals surface area contributed by atoms with Crippen LogP contribution in [0.1, 0.15) is 36.1 Å². The first-order valence-electron chi connectivity index (χ1n) is 9.30. The lowest BCUT2D eigenvalue weighted by atomic mass is 10.1. The molecule has 146 valence electrons. The van der Waals surface area contributed by atoms with Crippen LogP contribution in [-0.4, -0.2) is 25.0 Å². The summed E-state index contributed by atoms with van der Waals surface area (Å²) in [4.78, 5) is 23.3. The molecule has 0 spiro atoms. The van der Waals surface area contributed by atoms with Gasteiger partial charge in [0.05, 0.1) is 6.61 Å². The van der Waals surface area contributed by atoms with E-state index in [0.29, 0.717) is 25.3 Å². The van der Waals surface area contributed by atoms with Crippen LogP contribution in [0.25, 0.3) is 10.8 Å². The predicted octanol–water partition coefficient (Wildman–Crippen LogP) is 4.08. The van der Waals surface area contributed by atoms with Crippen molar-refractivity contribution in [3.05, 3.63) is 66.1 Å². The summed E-state index contributed by atoms with van der Waals surface area (Å²) in [6.07, 6.45) is 0.792. The van der Waals surface area contributed by atoms with E-state index in [1.54, 1.807) is 19.1 Å². The lowest BCUT2D eigenvalue weighted by Crippen LogP contribution is -2.24. The Morgan fingerprint density at radius 2 is 1.86 bits per heavy atom. The van der Waals surface area contributed by atoms with Gasteiger partial charge in [0.15, 0.2) is 5.76 Å². The zero-order valence-electron chi connectivity index (χ0n) is 15.8. The Balaban J connectivity index is 1.46. The van der Waals surface area contributed by atoms with Crippen molar-refractivity contribution in [1.82, 2.24) is 5.32 Å². The fourth-order valence-electron chi connectivity index (χ4n) is 2.74. The summed E-state index contributed by atoms with van der Waals surface area (Å²) < 4.78 is 16.1. The van der Waals surface area contributed by atoms with E-state index >= 15 is 0 Å². The molecular formula is C22H23NO5. The number of ether oxygens (including phenoxy) is 2. The minimum Gasteiger partial charge on any atom is -0.486 e. The largest absolute Gasteiger partial charge is 0.486 e. The van der Waals surface area contributed by atoms with Crippen molar-refractivity contribution in [3.63, 3.8) is 0 Å². The Bertz CT molecular complexity index is 947. The number of esters is 1. The number of hydrogen-bond acceptors (Lipinski definition) is 5. The monoisotopic (exact) mass is 381 g/mol. The van der Waals surface area contributed by atoms with Crippen molar-refractivity contribution < 1.29 is 23.5 Å². The molecule has 0 radical (unpaired) electrons. The maximum atomic E-state index is 12.1. The number of benzene rings is 2. The first-order chi connectivity index (χ1) is 13.7. The molecule has 0 unspecified atom stereocenters. The fourth-order valence-corrected chi connectivity index (χ4v) is 2.74. The molecule has 28 heavy (non-hydrogen) atoms. The molecule has 0 saturated heterocycles. The molecule has 1 aromatic heterocycles. The number of furan rings is 1. The number of fused-ring (bicyclic) bond motifs is 1. The van der Waals surface area contributed by atoms with E-state index in [-0.39, 0.29) is 30.7 Å². The van der Waals surface area contributed by atoms with Crippen molar-refractivity contribution >= 4 is 22.6 Å². The van der Waals surface area contributed by atoms with Crippen molar-refractivity contribution in [3.8, 4) is 5.75 Å². The minimum atomic E-state index is -0.319. The second-order valence-electron chi connectivity index (χ2n) is 6.23. The van der Waals surface area contributed by atoms with Crippen molar-refractivity contribution in [2.45, 2.75) is 26.4 Å². The second kappa shape index (κ2) is 9.60. The molecule has 0 aliphatic carbocycles. The number of nitrogens with one attached hydrogen (secondary N) is 1. The SMILES string of the molecule is CCOC(=O)CCCNC(=O)c1ccc(COc2ccc3ccccc3c2)o1. The van der Waals surface area contributed by atoms with E-state index in [4.69, 9.17) is 13.9 Å². The number of carbonyl (C=O) groups excluding carboxylic acids is 2. The molecule has 0 aliphatic heterocycles.